The van der Waals surface area contributed by atoms with Gasteiger partial charge in [0, 0.05) is 29.5 Å². The summed E-state index contributed by atoms with van der Waals surface area (Å²) in [6, 6.07) is 1.95. The van der Waals surface area contributed by atoms with Gasteiger partial charge in [0.2, 0.25) is 0 Å². The van der Waals surface area contributed by atoms with Crippen molar-refractivity contribution >= 4 is 22.3 Å². The van der Waals surface area contributed by atoms with Crippen LogP contribution in [0.5, 0.6) is 0 Å². The average molecular weight is 308 g/mol. The summed E-state index contributed by atoms with van der Waals surface area (Å²) in [5, 5.41) is 5.55. The third kappa shape index (κ3) is 3.96. The number of hydrogen-bond acceptors (Lipinski definition) is 4. The van der Waals surface area contributed by atoms with Gasteiger partial charge in [-0.2, -0.15) is 5.10 Å². The molecule has 0 spiro atoms. The predicted octanol–water partition coefficient (Wildman–Crippen LogP) is 2.95. The van der Waals surface area contributed by atoms with E-state index in [0.29, 0.717) is 0 Å². The normalized spacial score (nSPS) is 15.3. The fourth-order valence-corrected chi connectivity index (χ4v) is 2.77. The Hall–Kier alpha value is -1.11. The first-order chi connectivity index (χ1) is 9.81. The number of nitrogens with one attached hydrogen (secondary N) is 1. The van der Waals surface area contributed by atoms with E-state index in [1.165, 1.54) is 0 Å². The number of hydrogen-bond donors (Lipinski definition) is 1. The largest absolute Gasteiger partial charge is 0.598 e. The van der Waals surface area contributed by atoms with Crippen LogP contribution in [0.2, 0.25) is 0 Å². The minimum absolute atomic E-state index is 0.0658. The molecule has 21 heavy (non-hydrogen) atoms. The molecule has 5 nitrogen and oxygen atoms in total. The minimum atomic E-state index is -1.11. The van der Waals surface area contributed by atoms with Crippen LogP contribution < -0.4 is 4.72 Å². The van der Waals surface area contributed by atoms with Gasteiger partial charge in [-0.05, 0) is 40.2 Å². The number of fused-ring (bicyclic) bond motifs is 1. The number of aromatic nitrogens is 3. The van der Waals surface area contributed by atoms with Gasteiger partial charge in [0.1, 0.15) is 10.3 Å². The van der Waals surface area contributed by atoms with Crippen molar-refractivity contribution in [1.29, 1.82) is 0 Å². The molecule has 0 amide bonds. The lowest BCUT2D eigenvalue weighted by molar-refractivity contribution is 0.529. The fraction of sp³-hybridized carbons (Fsp3) is 0.600. The smallest absolute Gasteiger partial charge is 0.136 e. The summed E-state index contributed by atoms with van der Waals surface area (Å²) in [5.74, 6) is 0. The topological polar surface area (TPSA) is 65.8 Å². The number of aryl methyl sites for hydroxylation is 1. The van der Waals surface area contributed by atoms with Crippen LogP contribution in [0, 0.1) is 0 Å². The molecular weight excluding hydrogens is 284 g/mol. The lowest BCUT2D eigenvalue weighted by Gasteiger charge is -2.26. The summed E-state index contributed by atoms with van der Waals surface area (Å²) in [7, 11) is 0. The Balaban J connectivity index is 2.18. The molecule has 0 radical (unpaired) electrons. The second kappa shape index (κ2) is 6.34. The average Bonchev–Trinajstić information content (AvgIpc) is 2.79. The second-order valence-corrected chi connectivity index (χ2v) is 8.28. The Bertz CT molecular complexity index is 605. The van der Waals surface area contributed by atoms with Gasteiger partial charge in [-0.25, -0.2) is 0 Å². The SMILES string of the molecule is CCCn1cc2cc([C@@H](C)N[S+]([O-])C(C)(C)C)ncc2n1. The highest BCUT2D eigenvalue weighted by Crippen LogP contribution is 2.21. The molecule has 2 heterocycles. The molecule has 1 N–H and O–H groups in total. The molecule has 2 rings (SSSR count). The highest BCUT2D eigenvalue weighted by Gasteiger charge is 2.28. The highest BCUT2D eigenvalue weighted by molar-refractivity contribution is 7.90. The first kappa shape index (κ1) is 16.3. The molecule has 0 aliphatic heterocycles. The summed E-state index contributed by atoms with van der Waals surface area (Å²) in [6.07, 6.45) is 4.88. The molecule has 0 bridgehead atoms. The third-order valence-corrected chi connectivity index (χ3v) is 4.88. The molecule has 0 fully saturated rings. The molecule has 1 unspecified atom stereocenters. The van der Waals surface area contributed by atoms with E-state index >= 15 is 0 Å². The summed E-state index contributed by atoms with van der Waals surface area (Å²) in [4.78, 5) is 4.44. The van der Waals surface area contributed by atoms with E-state index < -0.39 is 11.4 Å². The van der Waals surface area contributed by atoms with Crippen molar-refractivity contribution < 1.29 is 4.55 Å². The molecule has 0 aliphatic carbocycles. The van der Waals surface area contributed by atoms with E-state index in [9.17, 15) is 4.55 Å². The van der Waals surface area contributed by atoms with Crippen LogP contribution in [0.3, 0.4) is 0 Å². The quantitative estimate of drug-likeness (QED) is 0.862. The maximum Gasteiger partial charge on any atom is 0.136 e. The van der Waals surface area contributed by atoms with Crippen molar-refractivity contribution in [2.45, 2.75) is 58.4 Å². The zero-order chi connectivity index (χ0) is 15.6. The van der Waals surface area contributed by atoms with E-state index in [0.717, 1.165) is 29.6 Å². The van der Waals surface area contributed by atoms with Crippen LogP contribution in [0.15, 0.2) is 18.5 Å². The Morgan fingerprint density at radius 3 is 2.76 bits per heavy atom. The van der Waals surface area contributed by atoms with Gasteiger partial charge in [-0.15, -0.1) is 4.72 Å². The van der Waals surface area contributed by atoms with Crippen LogP contribution in [-0.2, 0) is 17.9 Å². The predicted molar refractivity (Wildman–Crippen MR) is 87.3 cm³/mol. The zero-order valence-corrected chi connectivity index (χ0v) is 14.2. The Kier molecular flexibility index (Phi) is 4.91. The summed E-state index contributed by atoms with van der Waals surface area (Å²) in [6.45, 7) is 10.9. The van der Waals surface area contributed by atoms with Gasteiger partial charge >= 0.3 is 0 Å². The second-order valence-electron chi connectivity index (χ2n) is 6.28. The Morgan fingerprint density at radius 1 is 1.43 bits per heavy atom. The van der Waals surface area contributed by atoms with Gasteiger partial charge < -0.3 is 4.55 Å². The van der Waals surface area contributed by atoms with Crippen molar-refractivity contribution in [3.63, 3.8) is 0 Å². The fourth-order valence-electron chi connectivity index (χ4n) is 1.97. The molecule has 0 aliphatic rings. The highest BCUT2D eigenvalue weighted by atomic mass is 32.2. The standard InChI is InChI=1S/C15H24N4OS/c1-6-7-19-10-12-8-13(16-9-14(12)17-19)11(2)18-21(20)15(3,4)5/h8-11,18H,6-7H2,1-5H3/t11-,21?/m1/s1. The Morgan fingerprint density at radius 2 is 2.14 bits per heavy atom. The van der Waals surface area contributed by atoms with Gasteiger partial charge in [0.05, 0.1) is 17.9 Å². The molecule has 2 aromatic rings. The first-order valence-electron chi connectivity index (χ1n) is 7.32. The van der Waals surface area contributed by atoms with E-state index in [1.54, 1.807) is 6.20 Å². The van der Waals surface area contributed by atoms with E-state index in [2.05, 4.69) is 21.7 Å². The zero-order valence-electron chi connectivity index (χ0n) is 13.4. The minimum Gasteiger partial charge on any atom is -0.598 e. The van der Waals surface area contributed by atoms with Gasteiger partial charge in [-0.3, -0.25) is 9.67 Å². The molecule has 0 saturated carbocycles. The van der Waals surface area contributed by atoms with Gasteiger partial charge in [0.25, 0.3) is 0 Å². The van der Waals surface area contributed by atoms with Crippen molar-refractivity contribution in [3.8, 4) is 0 Å². The van der Waals surface area contributed by atoms with Crippen LogP contribution >= 0.6 is 0 Å². The number of nitrogens with zero attached hydrogens (tertiary/aromatic N) is 3. The Labute approximate surface area is 129 Å². The third-order valence-electron chi connectivity index (χ3n) is 3.20. The van der Waals surface area contributed by atoms with E-state index in [4.69, 9.17) is 0 Å². The first-order valence-corrected chi connectivity index (χ1v) is 8.47. The van der Waals surface area contributed by atoms with Crippen molar-refractivity contribution in [2.24, 2.45) is 0 Å². The number of pyridine rings is 1. The van der Waals surface area contributed by atoms with Crippen LogP contribution in [0.1, 0.15) is 52.8 Å². The van der Waals surface area contributed by atoms with Gasteiger partial charge in [0.15, 0.2) is 0 Å². The van der Waals surface area contributed by atoms with Crippen molar-refractivity contribution in [2.75, 3.05) is 0 Å². The lowest BCUT2D eigenvalue weighted by Crippen LogP contribution is -2.40. The lowest BCUT2D eigenvalue weighted by atomic mass is 10.2. The molecule has 0 saturated heterocycles. The maximum atomic E-state index is 12.2. The molecule has 0 aromatic carbocycles. The monoisotopic (exact) mass is 308 g/mol. The summed E-state index contributed by atoms with van der Waals surface area (Å²) in [5.41, 5.74) is 1.78. The molecule has 2 atom stereocenters. The molecule has 2 aromatic heterocycles. The van der Waals surface area contributed by atoms with Crippen LogP contribution in [-0.4, -0.2) is 24.1 Å². The van der Waals surface area contributed by atoms with E-state index in [1.807, 2.05) is 44.6 Å². The van der Waals surface area contributed by atoms with Gasteiger partial charge in [-0.1, -0.05) is 6.92 Å². The van der Waals surface area contributed by atoms with Crippen molar-refractivity contribution in [1.82, 2.24) is 19.5 Å². The van der Waals surface area contributed by atoms with Crippen LogP contribution in [0.25, 0.3) is 10.9 Å². The molecular formula is C15H24N4OS. The summed E-state index contributed by atoms with van der Waals surface area (Å²) < 4.78 is 16.9. The summed E-state index contributed by atoms with van der Waals surface area (Å²) >= 11 is -1.11. The van der Waals surface area contributed by atoms with E-state index in [-0.39, 0.29) is 10.8 Å². The van der Waals surface area contributed by atoms with Crippen molar-refractivity contribution in [3.05, 3.63) is 24.2 Å². The maximum absolute atomic E-state index is 12.2. The van der Waals surface area contributed by atoms with Crippen LogP contribution in [0.4, 0.5) is 0 Å². The molecule has 6 heteroatoms. The molecule has 116 valence electrons. The number of rotatable bonds is 5.